The molecular weight excluding hydrogens is 1000 g/mol. The molecule has 0 bridgehead atoms. The first-order chi connectivity index (χ1) is 32.4. The molecule has 372 valence electrons. The van der Waals surface area contributed by atoms with E-state index in [0.717, 1.165) is 48.5 Å². The van der Waals surface area contributed by atoms with Gasteiger partial charge in [0.25, 0.3) is 40.5 Å². The Morgan fingerprint density at radius 3 is 1.86 bits per heavy atom. The van der Waals surface area contributed by atoms with Gasteiger partial charge in [-0.1, -0.05) is 36.4 Å². The molecule has 5 aromatic carbocycles. The van der Waals surface area contributed by atoms with Crippen molar-refractivity contribution in [2.24, 2.45) is 0 Å². The zero-order chi connectivity index (χ0) is 50.5. The summed E-state index contributed by atoms with van der Waals surface area (Å²) in [6.45, 7) is 9.05. The molecule has 6 rings (SSSR count). The molecule has 24 nitrogen and oxygen atoms in total. The van der Waals surface area contributed by atoms with Gasteiger partial charge in [0.15, 0.2) is 5.75 Å². The van der Waals surface area contributed by atoms with Gasteiger partial charge >= 0.3 is 8.80 Å². The SMILES string of the molecule is CCO[Si](CCCNc1nc(Nc2cc(S(=O)(=O)O)cc3cc(S(=O)(=O)O)c(NNc4ccc5c(S(=O)(=O)O)cccc5c4S(=O)(=O)O)c(O)c23)nc(N(CC)c2ccccc2)n1)(OCC)OCC. The fourth-order valence-electron chi connectivity index (χ4n) is 7.37. The molecule has 0 aliphatic carbocycles. The van der Waals surface area contributed by atoms with Crippen LogP contribution in [-0.4, -0.2) is 114 Å². The molecule has 0 saturated carbocycles. The topological polar surface area (TPSA) is 355 Å². The molecule has 0 aliphatic rings. The van der Waals surface area contributed by atoms with Crippen molar-refractivity contribution in [2.75, 3.05) is 59.3 Å². The Bertz CT molecular complexity index is 3320. The summed E-state index contributed by atoms with van der Waals surface area (Å²) in [5, 5.41) is 16.4. The van der Waals surface area contributed by atoms with Gasteiger partial charge in [-0.05, 0) is 82.0 Å². The van der Waals surface area contributed by atoms with Crippen molar-refractivity contribution in [2.45, 2.75) is 59.7 Å². The average Bonchev–Trinajstić information content (AvgIpc) is 3.26. The van der Waals surface area contributed by atoms with Gasteiger partial charge in [-0.25, -0.2) is 0 Å². The number of phenolic OH excluding ortho intramolecular Hbond substituents is 1. The van der Waals surface area contributed by atoms with Crippen molar-refractivity contribution < 1.29 is 70.3 Å². The molecule has 0 unspecified atom stereocenters. The molecule has 9 N–H and O–H groups in total. The summed E-state index contributed by atoms with van der Waals surface area (Å²) in [5.74, 6) is -1.20. The maximum atomic E-state index is 12.9. The van der Waals surface area contributed by atoms with Crippen LogP contribution in [0.15, 0.2) is 98.4 Å². The zero-order valence-corrected chi connectivity index (χ0v) is 41.4. The number of hydrogen-bond acceptors (Lipinski definition) is 20. The van der Waals surface area contributed by atoms with E-state index in [1.165, 1.54) is 0 Å². The van der Waals surface area contributed by atoms with Gasteiger partial charge in [0, 0.05) is 60.8 Å². The van der Waals surface area contributed by atoms with E-state index in [1.54, 1.807) is 29.2 Å². The molecule has 6 aromatic rings. The number of nitrogens with zero attached hydrogens (tertiary/aromatic N) is 4. The molecule has 0 saturated heterocycles. The molecule has 1 heterocycles. The number of para-hydroxylation sites is 1. The van der Waals surface area contributed by atoms with E-state index in [1.807, 2.05) is 33.8 Å². The number of phenols is 1. The second-order valence-corrected chi connectivity index (χ2v) is 22.9. The minimum atomic E-state index is -5.37. The van der Waals surface area contributed by atoms with Crippen LogP contribution in [0.3, 0.4) is 0 Å². The van der Waals surface area contributed by atoms with Crippen molar-refractivity contribution >= 4 is 111 Å². The maximum absolute atomic E-state index is 12.9. The minimum absolute atomic E-state index is 0.0155. The Balaban J connectivity index is 1.49. The number of rotatable bonds is 23. The second kappa shape index (κ2) is 21.0. The van der Waals surface area contributed by atoms with Crippen LogP contribution in [0.4, 0.5) is 40.6 Å². The third kappa shape index (κ3) is 12.1. The molecule has 0 fully saturated rings. The normalized spacial score (nSPS) is 12.6. The van der Waals surface area contributed by atoms with Gasteiger partial charge in [-0.3, -0.25) is 29.1 Å². The van der Waals surface area contributed by atoms with Crippen LogP contribution in [0.5, 0.6) is 5.75 Å². The summed E-state index contributed by atoms with van der Waals surface area (Å²) in [5.41, 5.74) is 3.55. The van der Waals surface area contributed by atoms with E-state index in [0.29, 0.717) is 44.5 Å². The van der Waals surface area contributed by atoms with E-state index in [9.17, 15) is 57.0 Å². The highest BCUT2D eigenvalue weighted by Crippen LogP contribution is 2.44. The Kier molecular flexibility index (Phi) is 16.0. The Morgan fingerprint density at radius 2 is 1.28 bits per heavy atom. The lowest BCUT2D eigenvalue weighted by Gasteiger charge is -2.28. The largest absolute Gasteiger partial charge is 0.505 e. The molecular formula is C40H48N8O16S4Si. The lowest BCUT2D eigenvalue weighted by Crippen LogP contribution is -2.46. The quantitative estimate of drug-likeness (QED) is 0.0116. The highest BCUT2D eigenvalue weighted by atomic mass is 32.2. The van der Waals surface area contributed by atoms with Gasteiger partial charge in [-0.2, -0.15) is 48.6 Å². The van der Waals surface area contributed by atoms with Crippen LogP contribution in [-0.2, 0) is 53.8 Å². The van der Waals surface area contributed by atoms with Gasteiger partial charge in [-0.15, -0.1) is 0 Å². The molecule has 0 atom stereocenters. The van der Waals surface area contributed by atoms with E-state index in [4.69, 9.17) is 13.3 Å². The van der Waals surface area contributed by atoms with E-state index in [-0.39, 0.29) is 40.8 Å². The third-order valence-electron chi connectivity index (χ3n) is 10.1. The number of anilines is 7. The highest BCUT2D eigenvalue weighted by Gasteiger charge is 2.39. The van der Waals surface area contributed by atoms with Gasteiger partial charge in [0.1, 0.15) is 20.4 Å². The first-order valence-corrected chi connectivity index (χ1v) is 28.5. The zero-order valence-electron chi connectivity index (χ0n) is 37.1. The second-order valence-electron chi connectivity index (χ2n) is 14.6. The van der Waals surface area contributed by atoms with Crippen molar-refractivity contribution in [1.29, 1.82) is 0 Å². The van der Waals surface area contributed by atoms with Crippen LogP contribution in [0.1, 0.15) is 34.1 Å². The van der Waals surface area contributed by atoms with E-state index < -0.39 is 96.8 Å². The highest BCUT2D eigenvalue weighted by molar-refractivity contribution is 7.87. The number of hydrazine groups is 1. The van der Waals surface area contributed by atoms with E-state index in [2.05, 4.69) is 36.4 Å². The monoisotopic (exact) mass is 1050 g/mol. The first kappa shape index (κ1) is 52.5. The molecule has 1 aromatic heterocycles. The number of fused-ring (bicyclic) bond motifs is 2. The lowest BCUT2D eigenvalue weighted by atomic mass is 10.1. The fraction of sp³-hybridized carbons (Fsp3) is 0.275. The van der Waals surface area contributed by atoms with E-state index >= 15 is 0 Å². The van der Waals surface area contributed by atoms with Crippen LogP contribution < -0.4 is 26.4 Å². The van der Waals surface area contributed by atoms with Crippen LogP contribution in [0.25, 0.3) is 21.5 Å². The van der Waals surface area contributed by atoms with Crippen molar-refractivity contribution in [3.05, 3.63) is 78.9 Å². The molecule has 0 amide bonds. The summed E-state index contributed by atoms with van der Waals surface area (Å²) in [6.07, 6.45) is 0.470. The lowest BCUT2D eigenvalue weighted by molar-refractivity contribution is 0.0710. The molecule has 0 aliphatic heterocycles. The fourth-order valence-corrected chi connectivity index (χ4v) is 12.8. The smallest absolute Gasteiger partial charge is 0.500 e. The van der Waals surface area contributed by atoms with Crippen LogP contribution in [0, 0.1) is 0 Å². The van der Waals surface area contributed by atoms with Gasteiger partial charge in [0.05, 0.1) is 16.3 Å². The standard InChI is InChI=1S/C40H48N8O16S4Si/c1-5-48(26-14-10-9-11-15-26)40-44-38(41-20-13-21-69(62-6-2,63-7-3)64-8-4)43-39(45-40)42-31-24-27(65(50,51)52)22-25-23-33(67(56,57)58)35(36(49)34(25)31)47-46-30-19-18-28-29(37(30)68(59,60)61)16-12-17-32(28)66(53,54)55/h9-12,14-19,22-24,46-47,49H,5-8,13,20-21H2,1-4H3,(H,50,51,52)(H,53,54,55)(H,56,57,58)(H,59,60,61)(H2,41,42,43,44,45). The summed E-state index contributed by atoms with van der Waals surface area (Å²) in [6, 6.07) is 17.0. The Morgan fingerprint density at radius 1 is 0.638 bits per heavy atom. The van der Waals surface area contributed by atoms with Crippen molar-refractivity contribution in [3.8, 4) is 5.75 Å². The molecule has 69 heavy (non-hydrogen) atoms. The summed E-state index contributed by atoms with van der Waals surface area (Å²) in [7, 11) is -23.7. The van der Waals surface area contributed by atoms with Crippen LogP contribution in [0.2, 0.25) is 6.04 Å². The number of nitrogens with one attached hydrogen (secondary N) is 4. The van der Waals surface area contributed by atoms with Gasteiger partial charge in [0.2, 0.25) is 17.8 Å². The number of benzene rings is 5. The molecule has 0 spiro atoms. The molecule has 0 radical (unpaired) electrons. The van der Waals surface area contributed by atoms with Crippen LogP contribution >= 0.6 is 0 Å². The number of aromatic nitrogens is 3. The predicted octanol–water partition coefficient (Wildman–Crippen LogP) is 6.06. The average molecular weight is 1050 g/mol. The third-order valence-corrected chi connectivity index (χ3v) is 16.8. The van der Waals surface area contributed by atoms with Gasteiger partial charge < -0.3 is 33.9 Å². The summed E-state index contributed by atoms with van der Waals surface area (Å²) in [4.78, 5) is 11.9. The minimum Gasteiger partial charge on any atom is -0.505 e. The maximum Gasteiger partial charge on any atom is 0.500 e. The Labute approximate surface area is 398 Å². The number of hydrogen-bond donors (Lipinski definition) is 9. The summed E-state index contributed by atoms with van der Waals surface area (Å²) < 4.78 is 160. The number of aromatic hydroxyl groups is 1. The van der Waals surface area contributed by atoms with Crippen molar-refractivity contribution in [3.63, 3.8) is 0 Å². The first-order valence-electron chi connectivity index (χ1n) is 20.8. The predicted molar refractivity (Wildman–Crippen MR) is 257 cm³/mol. The summed E-state index contributed by atoms with van der Waals surface area (Å²) >= 11 is 0. The molecule has 29 heteroatoms. The van der Waals surface area contributed by atoms with Crippen molar-refractivity contribution in [1.82, 2.24) is 15.0 Å². The Hall–Kier alpha value is -5.83.